The number of amides is 2. The van der Waals surface area contributed by atoms with Crippen molar-refractivity contribution in [2.24, 2.45) is 0 Å². The summed E-state index contributed by atoms with van der Waals surface area (Å²) in [7, 11) is 0. The van der Waals surface area contributed by atoms with Crippen LogP contribution in [-0.2, 0) is 13.0 Å². The first-order valence-corrected chi connectivity index (χ1v) is 9.25. The fourth-order valence-electron chi connectivity index (χ4n) is 3.00. The second-order valence-corrected chi connectivity index (χ2v) is 7.30. The molecule has 1 aliphatic rings. The van der Waals surface area contributed by atoms with Crippen LogP contribution in [0.3, 0.4) is 0 Å². The van der Waals surface area contributed by atoms with Gasteiger partial charge in [0.2, 0.25) is 0 Å². The summed E-state index contributed by atoms with van der Waals surface area (Å²) in [5, 5.41) is 8.14. The van der Waals surface area contributed by atoms with Crippen molar-refractivity contribution in [3.05, 3.63) is 52.0 Å². The van der Waals surface area contributed by atoms with E-state index in [-0.39, 0.29) is 12.1 Å². The van der Waals surface area contributed by atoms with Crippen molar-refractivity contribution in [3.63, 3.8) is 0 Å². The van der Waals surface area contributed by atoms with Gasteiger partial charge in [0, 0.05) is 42.9 Å². The van der Waals surface area contributed by atoms with Crippen LogP contribution in [0.4, 0.5) is 4.79 Å². The van der Waals surface area contributed by atoms with Crippen LogP contribution in [0.15, 0.2) is 36.0 Å². The lowest BCUT2D eigenvalue weighted by Gasteiger charge is -2.32. The third-order valence-electron chi connectivity index (χ3n) is 4.57. The number of carbonyl (C=O) groups is 1. The second kappa shape index (κ2) is 7.77. The minimum atomic E-state index is -0.126. The van der Waals surface area contributed by atoms with Gasteiger partial charge in [0.15, 0.2) is 0 Å². The molecule has 5 nitrogen and oxygen atoms in total. The maximum absolute atomic E-state index is 12.1. The summed E-state index contributed by atoms with van der Waals surface area (Å²) < 4.78 is 0. The van der Waals surface area contributed by atoms with E-state index in [2.05, 4.69) is 38.9 Å². The Labute approximate surface area is 147 Å². The summed E-state index contributed by atoms with van der Waals surface area (Å²) >= 11 is 1.85. The van der Waals surface area contributed by atoms with Crippen molar-refractivity contribution < 1.29 is 4.79 Å². The number of carbonyl (C=O) groups excluding carboxylic acids is 1. The van der Waals surface area contributed by atoms with Gasteiger partial charge in [0.05, 0.1) is 6.04 Å². The molecule has 2 amide bonds. The molecule has 3 heterocycles. The molecule has 0 unspecified atom stereocenters. The van der Waals surface area contributed by atoms with Crippen molar-refractivity contribution in [2.75, 3.05) is 13.1 Å². The van der Waals surface area contributed by atoms with Gasteiger partial charge in [-0.15, -0.1) is 11.3 Å². The molecule has 0 spiro atoms. The number of aromatic nitrogens is 1. The van der Waals surface area contributed by atoms with Gasteiger partial charge in [-0.3, -0.25) is 9.88 Å². The van der Waals surface area contributed by atoms with Gasteiger partial charge in [0.25, 0.3) is 0 Å². The molecule has 0 radical (unpaired) electrons. The van der Waals surface area contributed by atoms with Crippen molar-refractivity contribution in [1.29, 1.82) is 0 Å². The highest BCUT2D eigenvalue weighted by molar-refractivity contribution is 7.10. The number of nitrogens with zero attached hydrogens (tertiary/aromatic N) is 2. The highest BCUT2D eigenvalue weighted by Gasteiger charge is 2.21. The average Bonchev–Trinajstić information content (AvgIpc) is 3.08. The molecule has 0 aromatic carbocycles. The predicted octanol–water partition coefficient (Wildman–Crippen LogP) is 2.95. The normalized spacial score (nSPS) is 16.9. The van der Waals surface area contributed by atoms with Crippen LogP contribution >= 0.6 is 11.3 Å². The summed E-state index contributed by atoms with van der Waals surface area (Å²) in [6, 6.07) is 6.21. The van der Waals surface area contributed by atoms with Gasteiger partial charge in [-0.25, -0.2) is 4.79 Å². The first-order valence-electron chi connectivity index (χ1n) is 8.37. The fourth-order valence-corrected chi connectivity index (χ4v) is 3.89. The van der Waals surface area contributed by atoms with E-state index in [1.165, 1.54) is 10.4 Å². The van der Waals surface area contributed by atoms with E-state index in [0.29, 0.717) is 12.6 Å². The monoisotopic (exact) mass is 344 g/mol. The molecule has 0 bridgehead atoms. The van der Waals surface area contributed by atoms with Crippen LogP contribution < -0.4 is 10.6 Å². The Morgan fingerprint density at radius 1 is 1.33 bits per heavy atom. The smallest absolute Gasteiger partial charge is 0.315 e. The third-order valence-corrected chi connectivity index (χ3v) is 5.60. The molecule has 2 aromatic heterocycles. The van der Waals surface area contributed by atoms with Crippen LogP contribution in [0.1, 0.15) is 35.9 Å². The van der Waals surface area contributed by atoms with E-state index >= 15 is 0 Å². The lowest BCUT2D eigenvalue weighted by atomic mass is 10.1. The van der Waals surface area contributed by atoms with Crippen molar-refractivity contribution >= 4 is 17.4 Å². The first kappa shape index (κ1) is 16.9. The number of nitrogens with one attached hydrogen (secondary N) is 2. The lowest BCUT2D eigenvalue weighted by Crippen LogP contribution is -2.46. The molecular weight excluding hydrogens is 320 g/mol. The minimum Gasteiger partial charge on any atom is -0.337 e. The molecule has 1 aliphatic heterocycles. The SMILES string of the molecule is C[C@@H](NC(=O)NC[C@H](C)N1CCc2sccc2C1)c1ccncc1. The van der Waals surface area contributed by atoms with Crippen molar-refractivity contribution in [2.45, 2.75) is 38.9 Å². The van der Waals surface area contributed by atoms with E-state index in [9.17, 15) is 4.79 Å². The maximum Gasteiger partial charge on any atom is 0.315 e. The van der Waals surface area contributed by atoms with Gasteiger partial charge in [-0.1, -0.05) is 0 Å². The molecule has 2 aromatic rings. The van der Waals surface area contributed by atoms with Crippen LogP contribution in [0.5, 0.6) is 0 Å². The summed E-state index contributed by atoms with van der Waals surface area (Å²) in [6.07, 6.45) is 4.59. The Morgan fingerprint density at radius 3 is 2.92 bits per heavy atom. The highest BCUT2D eigenvalue weighted by Crippen LogP contribution is 2.24. The Morgan fingerprint density at radius 2 is 2.12 bits per heavy atom. The Hall–Kier alpha value is -1.92. The maximum atomic E-state index is 12.1. The molecule has 2 atom stereocenters. The summed E-state index contributed by atoms with van der Waals surface area (Å²) in [4.78, 5) is 20.1. The molecule has 0 saturated heterocycles. The number of fused-ring (bicyclic) bond motifs is 1. The second-order valence-electron chi connectivity index (χ2n) is 6.30. The van der Waals surface area contributed by atoms with Gasteiger partial charge in [-0.2, -0.15) is 0 Å². The van der Waals surface area contributed by atoms with Gasteiger partial charge < -0.3 is 10.6 Å². The number of thiophene rings is 1. The highest BCUT2D eigenvalue weighted by atomic mass is 32.1. The topological polar surface area (TPSA) is 57.3 Å². The number of hydrogen-bond donors (Lipinski definition) is 2. The Kier molecular flexibility index (Phi) is 5.48. The van der Waals surface area contributed by atoms with E-state index in [4.69, 9.17) is 0 Å². The zero-order chi connectivity index (χ0) is 16.9. The quantitative estimate of drug-likeness (QED) is 0.877. The molecule has 128 valence electrons. The fraction of sp³-hybridized carbons (Fsp3) is 0.444. The molecule has 0 aliphatic carbocycles. The number of urea groups is 1. The Balaban J connectivity index is 1.44. The lowest BCUT2D eigenvalue weighted by molar-refractivity contribution is 0.185. The van der Waals surface area contributed by atoms with Gasteiger partial charge in [-0.05, 0) is 55.0 Å². The van der Waals surface area contributed by atoms with E-state index < -0.39 is 0 Å². The summed E-state index contributed by atoms with van der Waals surface area (Å²) in [5.74, 6) is 0. The average molecular weight is 344 g/mol. The van der Waals surface area contributed by atoms with E-state index in [1.54, 1.807) is 12.4 Å². The zero-order valence-electron chi connectivity index (χ0n) is 14.2. The molecule has 0 fully saturated rings. The van der Waals surface area contributed by atoms with Gasteiger partial charge >= 0.3 is 6.03 Å². The van der Waals surface area contributed by atoms with E-state index in [1.807, 2.05) is 30.4 Å². The van der Waals surface area contributed by atoms with Crippen molar-refractivity contribution in [3.8, 4) is 0 Å². The van der Waals surface area contributed by atoms with Crippen LogP contribution in [0, 0.1) is 0 Å². The minimum absolute atomic E-state index is 0.0355. The van der Waals surface area contributed by atoms with E-state index in [0.717, 1.165) is 25.1 Å². The molecule has 2 N–H and O–H groups in total. The molecule has 3 rings (SSSR count). The standard InChI is InChI=1S/C18H24N4OS/c1-13(22-9-5-17-16(12-22)6-10-24-17)11-20-18(23)21-14(2)15-3-7-19-8-4-15/h3-4,6-8,10,13-14H,5,9,11-12H2,1-2H3,(H2,20,21,23)/t13-,14+/m0/s1. The molecular formula is C18H24N4OS. The summed E-state index contributed by atoms with van der Waals surface area (Å²) in [5.41, 5.74) is 2.49. The zero-order valence-corrected chi connectivity index (χ0v) is 15.0. The largest absolute Gasteiger partial charge is 0.337 e. The Bertz CT molecular complexity index is 673. The number of pyridine rings is 1. The van der Waals surface area contributed by atoms with Crippen LogP contribution in [-0.4, -0.2) is 35.0 Å². The van der Waals surface area contributed by atoms with Crippen LogP contribution in [0.2, 0.25) is 0 Å². The van der Waals surface area contributed by atoms with Crippen molar-refractivity contribution in [1.82, 2.24) is 20.5 Å². The first-order chi connectivity index (χ1) is 11.6. The number of hydrogen-bond acceptors (Lipinski definition) is 4. The number of rotatable bonds is 5. The van der Waals surface area contributed by atoms with Gasteiger partial charge in [0.1, 0.15) is 0 Å². The molecule has 6 heteroatoms. The predicted molar refractivity (Wildman–Crippen MR) is 97.1 cm³/mol. The molecule has 24 heavy (non-hydrogen) atoms. The van der Waals surface area contributed by atoms with Crippen LogP contribution in [0.25, 0.3) is 0 Å². The summed E-state index contributed by atoms with van der Waals surface area (Å²) in [6.45, 7) is 6.83. The molecule has 0 saturated carbocycles. The third kappa shape index (κ3) is 4.13.